The number of hydrogen-bond acceptors (Lipinski definition) is 5. The smallest absolute Gasteiger partial charge is 0.0991 e. The molecule has 19 heavy (non-hydrogen) atoms. The number of methoxy groups -OCH3 is 1. The number of nitrogens with one attached hydrogen (secondary N) is 1. The zero-order valence-corrected chi connectivity index (χ0v) is 12.8. The lowest BCUT2D eigenvalue weighted by Crippen LogP contribution is -2.18. The van der Waals surface area contributed by atoms with Crippen LogP contribution in [0.15, 0.2) is 17.3 Å². The van der Waals surface area contributed by atoms with Gasteiger partial charge >= 0.3 is 0 Å². The molecular weight excluding hydrogens is 260 g/mol. The molecule has 0 bridgehead atoms. The summed E-state index contributed by atoms with van der Waals surface area (Å²) >= 11 is 1.72. The Balaban J connectivity index is 2.49. The van der Waals surface area contributed by atoms with E-state index in [-0.39, 0.29) is 6.61 Å². The lowest BCUT2D eigenvalue weighted by Gasteiger charge is -2.12. The molecule has 2 N–H and O–H groups in total. The van der Waals surface area contributed by atoms with Gasteiger partial charge in [0.25, 0.3) is 0 Å². The summed E-state index contributed by atoms with van der Waals surface area (Å²) in [5.41, 5.74) is 2.38. The van der Waals surface area contributed by atoms with E-state index in [0.29, 0.717) is 5.25 Å². The number of ether oxygens (including phenoxy) is 1. The van der Waals surface area contributed by atoms with Gasteiger partial charge in [0.15, 0.2) is 0 Å². The summed E-state index contributed by atoms with van der Waals surface area (Å²) in [5.74, 6) is 0. The molecule has 0 radical (unpaired) electrons. The van der Waals surface area contributed by atoms with Crippen LogP contribution < -0.4 is 5.32 Å². The summed E-state index contributed by atoms with van der Waals surface area (Å²) < 4.78 is 4.99. The monoisotopic (exact) mass is 284 g/mol. The Hall–Kier alpha value is -0.620. The first-order valence-electron chi connectivity index (χ1n) is 6.60. The van der Waals surface area contributed by atoms with E-state index in [1.54, 1.807) is 18.9 Å². The molecule has 0 fully saturated rings. The van der Waals surface area contributed by atoms with E-state index >= 15 is 0 Å². The first-order chi connectivity index (χ1) is 9.17. The van der Waals surface area contributed by atoms with Crippen LogP contribution in [0.1, 0.15) is 24.5 Å². The average Bonchev–Trinajstić information content (AvgIpc) is 2.38. The third kappa shape index (κ3) is 6.38. The predicted molar refractivity (Wildman–Crippen MR) is 79.6 cm³/mol. The molecule has 0 saturated heterocycles. The van der Waals surface area contributed by atoms with E-state index in [0.717, 1.165) is 31.1 Å². The average molecular weight is 284 g/mol. The molecule has 1 rings (SSSR count). The maximum absolute atomic E-state index is 8.92. The summed E-state index contributed by atoms with van der Waals surface area (Å²) in [6.45, 7) is 6.81. The van der Waals surface area contributed by atoms with Gasteiger partial charge in [-0.1, -0.05) is 13.0 Å². The van der Waals surface area contributed by atoms with Crippen molar-refractivity contribution in [2.45, 2.75) is 37.1 Å². The van der Waals surface area contributed by atoms with E-state index in [1.807, 2.05) is 6.20 Å². The number of pyridine rings is 1. The van der Waals surface area contributed by atoms with Gasteiger partial charge in [-0.05, 0) is 24.5 Å². The van der Waals surface area contributed by atoms with E-state index in [2.05, 4.69) is 30.2 Å². The number of rotatable bonds is 9. The van der Waals surface area contributed by atoms with Gasteiger partial charge in [0.05, 0.1) is 11.6 Å². The fourth-order valence-corrected chi connectivity index (χ4v) is 2.64. The molecular formula is C14H24N2O2S. The number of nitrogens with zero attached hydrogens (tertiary/aromatic N) is 1. The third-order valence-corrected chi connectivity index (χ3v) is 4.04. The molecule has 0 amide bonds. The van der Waals surface area contributed by atoms with Crippen LogP contribution in [0.25, 0.3) is 0 Å². The largest absolute Gasteiger partial charge is 0.396 e. The quantitative estimate of drug-likeness (QED) is 0.536. The topological polar surface area (TPSA) is 54.4 Å². The number of aryl methyl sites for hydroxylation is 1. The van der Waals surface area contributed by atoms with Gasteiger partial charge in [0.1, 0.15) is 0 Å². The molecule has 5 heteroatoms. The normalized spacial score (nSPS) is 12.6. The molecule has 0 aliphatic rings. The maximum atomic E-state index is 8.92. The summed E-state index contributed by atoms with van der Waals surface area (Å²) in [4.78, 5) is 4.51. The van der Waals surface area contributed by atoms with Gasteiger partial charge in [-0.2, -0.15) is 0 Å². The van der Waals surface area contributed by atoms with Gasteiger partial charge in [0.2, 0.25) is 0 Å². The minimum atomic E-state index is 0.231. The zero-order chi connectivity index (χ0) is 14.1. The Labute approximate surface area is 120 Å². The van der Waals surface area contributed by atoms with E-state index in [4.69, 9.17) is 9.84 Å². The summed E-state index contributed by atoms with van der Waals surface area (Å²) in [6, 6.07) is 2.17. The maximum Gasteiger partial charge on any atom is 0.0991 e. The van der Waals surface area contributed by atoms with Gasteiger partial charge in [-0.25, -0.2) is 4.98 Å². The lowest BCUT2D eigenvalue weighted by molar-refractivity contribution is 0.199. The van der Waals surface area contributed by atoms with Crippen molar-refractivity contribution in [1.82, 2.24) is 10.3 Å². The van der Waals surface area contributed by atoms with Crippen molar-refractivity contribution in [1.29, 1.82) is 0 Å². The summed E-state index contributed by atoms with van der Waals surface area (Å²) in [6.07, 6.45) is 2.72. The van der Waals surface area contributed by atoms with Crippen LogP contribution in [0.2, 0.25) is 0 Å². The summed E-state index contributed by atoms with van der Waals surface area (Å²) in [5, 5.41) is 13.7. The van der Waals surface area contributed by atoms with Crippen molar-refractivity contribution >= 4 is 11.8 Å². The third-order valence-electron chi connectivity index (χ3n) is 2.75. The van der Waals surface area contributed by atoms with Crippen molar-refractivity contribution in [3.8, 4) is 0 Å². The Morgan fingerprint density at radius 1 is 1.53 bits per heavy atom. The second-order valence-electron chi connectivity index (χ2n) is 4.58. The van der Waals surface area contributed by atoms with Gasteiger partial charge in [0, 0.05) is 38.3 Å². The fraction of sp³-hybridized carbons (Fsp3) is 0.643. The van der Waals surface area contributed by atoms with Crippen LogP contribution >= 0.6 is 11.8 Å². The van der Waals surface area contributed by atoms with E-state index < -0.39 is 0 Å². The van der Waals surface area contributed by atoms with Crippen LogP contribution in [0, 0.1) is 6.92 Å². The molecule has 4 nitrogen and oxygen atoms in total. The van der Waals surface area contributed by atoms with Crippen LogP contribution in [0.3, 0.4) is 0 Å². The highest BCUT2D eigenvalue weighted by Gasteiger charge is 2.08. The molecule has 0 saturated carbocycles. The molecule has 0 aliphatic heterocycles. The van der Waals surface area contributed by atoms with Crippen LogP contribution in [-0.2, 0) is 11.3 Å². The second kappa shape index (κ2) is 9.31. The molecule has 1 atom stereocenters. The van der Waals surface area contributed by atoms with Crippen molar-refractivity contribution in [3.05, 3.63) is 23.4 Å². The standard InChI is InChI=1S/C14H24N2O2S/c1-11-8-13(9-15-5-7-18-3)10-16-14(11)19-12(2)4-6-17/h8,10,12,15,17H,4-7,9H2,1-3H3. The van der Waals surface area contributed by atoms with Crippen molar-refractivity contribution in [2.24, 2.45) is 0 Å². The van der Waals surface area contributed by atoms with Gasteiger partial charge in [-0.15, -0.1) is 11.8 Å². The molecule has 108 valence electrons. The Morgan fingerprint density at radius 3 is 2.95 bits per heavy atom. The number of aromatic nitrogens is 1. The molecule has 1 heterocycles. The first-order valence-corrected chi connectivity index (χ1v) is 7.48. The SMILES string of the molecule is COCCNCc1cnc(SC(C)CCO)c(C)c1. The molecule has 1 aromatic rings. The van der Waals surface area contributed by atoms with E-state index in [9.17, 15) is 0 Å². The number of aliphatic hydroxyl groups is 1. The Morgan fingerprint density at radius 2 is 2.32 bits per heavy atom. The highest BCUT2D eigenvalue weighted by atomic mass is 32.2. The lowest BCUT2D eigenvalue weighted by atomic mass is 10.2. The predicted octanol–water partition coefficient (Wildman–Crippen LogP) is 1.99. The first kappa shape index (κ1) is 16.4. The molecule has 1 aromatic heterocycles. The highest BCUT2D eigenvalue weighted by Crippen LogP contribution is 2.26. The van der Waals surface area contributed by atoms with Crippen LogP contribution in [0.4, 0.5) is 0 Å². The highest BCUT2D eigenvalue weighted by molar-refractivity contribution is 7.99. The van der Waals surface area contributed by atoms with Crippen molar-refractivity contribution in [2.75, 3.05) is 26.9 Å². The number of hydrogen-bond donors (Lipinski definition) is 2. The second-order valence-corrected chi connectivity index (χ2v) is 6.00. The molecule has 1 unspecified atom stereocenters. The van der Waals surface area contributed by atoms with E-state index in [1.165, 1.54) is 11.1 Å². The van der Waals surface area contributed by atoms with Gasteiger partial charge < -0.3 is 15.2 Å². The van der Waals surface area contributed by atoms with Crippen LogP contribution in [-0.4, -0.2) is 42.2 Å². The number of thioether (sulfide) groups is 1. The zero-order valence-electron chi connectivity index (χ0n) is 12.0. The Kier molecular flexibility index (Phi) is 8.05. The number of aliphatic hydroxyl groups excluding tert-OH is 1. The summed E-state index contributed by atoms with van der Waals surface area (Å²) in [7, 11) is 1.70. The molecule has 0 aromatic carbocycles. The minimum absolute atomic E-state index is 0.231. The fourth-order valence-electron chi connectivity index (χ4n) is 1.68. The van der Waals surface area contributed by atoms with Gasteiger partial charge in [-0.3, -0.25) is 0 Å². The molecule has 0 spiro atoms. The van der Waals surface area contributed by atoms with Crippen molar-refractivity contribution in [3.63, 3.8) is 0 Å². The minimum Gasteiger partial charge on any atom is -0.396 e. The van der Waals surface area contributed by atoms with Crippen LogP contribution in [0.5, 0.6) is 0 Å². The van der Waals surface area contributed by atoms with Crippen molar-refractivity contribution < 1.29 is 9.84 Å². The molecule has 0 aliphatic carbocycles. The Bertz CT molecular complexity index is 374.